The monoisotopic (exact) mass is 359 g/mol. The maximum atomic E-state index is 12.0. The molecule has 0 heterocycles. The van der Waals surface area contributed by atoms with E-state index in [1.54, 1.807) is 18.2 Å². The third-order valence-electron chi connectivity index (χ3n) is 2.33. The second-order valence-electron chi connectivity index (χ2n) is 3.78. The molecule has 2 aromatic rings. The van der Waals surface area contributed by atoms with Crippen molar-refractivity contribution in [3.63, 3.8) is 0 Å². The number of phenols is 1. The molecule has 98 valence electrons. The van der Waals surface area contributed by atoms with Gasteiger partial charge in [-0.3, -0.25) is 4.79 Å². The third kappa shape index (κ3) is 3.62. The summed E-state index contributed by atoms with van der Waals surface area (Å²) in [6.07, 6.45) is 0. The van der Waals surface area contributed by atoms with Gasteiger partial charge in [0, 0.05) is 21.1 Å². The molecule has 0 spiro atoms. The number of nitrogens with one attached hydrogen (secondary N) is 1. The van der Waals surface area contributed by atoms with Gasteiger partial charge in [-0.2, -0.15) is 0 Å². The molecule has 1 amide bonds. The molecular formula is C13H8BrCl2NO2. The topological polar surface area (TPSA) is 49.3 Å². The smallest absolute Gasteiger partial charge is 0.255 e. The van der Waals surface area contributed by atoms with Crippen molar-refractivity contribution < 1.29 is 9.90 Å². The molecule has 0 unspecified atom stereocenters. The summed E-state index contributed by atoms with van der Waals surface area (Å²) < 4.78 is 0.710. The Morgan fingerprint density at radius 1 is 1.16 bits per heavy atom. The van der Waals surface area contributed by atoms with Gasteiger partial charge in [0.05, 0.1) is 10.7 Å². The molecule has 0 fully saturated rings. The second kappa shape index (κ2) is 5.82. The first kappa shape index (κ1) is 14.2. The molecule has 0 radical (unpaired) electrons. The van der Waals surface area contributed by atoms with Gasteiger partial charge in [0.1, 0.15) is 5.75 Å². The molecular weight excluding hydrogens is 353 g/mol. The Labute approximate surface area is 128 Å². The van der Waals surface area contributed by atoms with Gasteiger partial charge in [-0.05, 0) is 30.3 Å². The lowest BCUT2D eigenvalue weighted by Crippen LogP contribution is -2.12. The fourth-order valence-electron chi connectivity index (χ4n) is 1.48. The number of amides is 1. The molecule has 2 aromatic carbocycles. The summed E-state index contributed by atoms with van der Waals surface area (Å²) in [6, 6.07) is 9.20. The van der Waals surface area contributed by atoms with Crippen molar-refractivity contribution in [2.75, 3.05) is 5.32 Å². The molecule has 0 bridgehead atoms. The van der Waals surface area contributed by atoms with E-state index in [4.69, 9.17) is 23.2 Å². The Bertz CT molecular complexity index is 626. The number of carbonyl (C=O) groups is 1. The summed E-state index contributed by atoms with van der Waals surface area (Å²) in [4.78, 5) is 12.0. The van der Waals surface area contributed by atoms with E-state index in [1.165, 1.54) is 18.2 Å². The number of hydrogen-bond acceptors (Lipinski definition) is 2. The van der Waals surface area contributed by atoms with Crippen LogP contribution in [0, 0.1) is 0 Å². The Morgan fingerprint density at radius 3 is 2.53 bits per heavy atom. The van der Waals surface area contributed by atoms with Gasteiger partial charge in [0.25, 0.3) is 5.91 Å². The summed E-state index contributed by atoms with van der Waals surface area (Å²) in [5.74, 6) is -0.302. The molecule has 2 rings (SSSR count). The summed E-state index contributed by atoms with van der Waals surface area (Å²) in [7, 11) is 0. The lowest BCUT2D eigenvalue weighted by Gasteiger charge is -2.08. The standard InChI is InChI=1S/C13H8BrCl2NO2/c14-8-3-7(4-9(15)5-8)13(19)17-12-2-1-10(18)6-11(12)16/h1-6,18H,(H,17,19). The van der Waals surface area contributed by atoms with Crippen LogP contribution in [0.15, 0.2) is 40.9 Å². The first-order valence-corrected chi connectivity index (χ1v) is 6.76. The van der Waals surface area contributed by atoms with Gasteiger partial charge < -0.3 is 10.4 Å². The number of anilines is 1. The average Bonchev–Trinajstić information content (AvgIpc) is 2.31. The second-order valence-corrected chi connectivity index (χ2v) is 5.54. The quantitative estimate of drug-likeness (QED) is 0.761. The first-order valence-electron chi connectivity index (χ1n) is 5.21. The van der Waals surface area contributed by atoms with E-state index in [0.717, 1.165) is 0 Å². The zero-order valence-electron chi connectivity index (χ0n) is 9.45. The molecule has 0 aromatic heterocycles. The zero-order chi connectivity index (χ0) is 14.0. The largest absolute Gasteiger partial charge is 0.508 e. The number of hydrogen-bond donors (Lipinski definition) is 2. The van der Waals surface area contributed by atoms with E-state index in [2.05, 4.69) is 21.2 Å². The number of halogens is 3. The average molecular weight is 361 g/mol. The van der Waals surface area contributed by atoms with Crippen LogP contribution in [0.2, 0.25) is 10.0 Å². The summed E-state index contributed by atoms with van der Waals surface area (Å²) in [5.41, 5.74) is 0.823. The van der Waals surface area contributed by atoms with Crippen molar-refractivity contribution in [2.45, 2.75) is 0 Å². The minimum atomic E-state index is -0.337. The molecule has 3 nitrogen and oxygen atoms in total. The van der Waals surface area contributed by atoms with E-state index in [0.29, 0.717) is 20.7 Å². The summed E-state index contributed by atoms with van der Waals surface area (Å²) >= 11 is 15.1. The van der Waals surface area contributed by atoms with Crippen LogP contribution in [-0.4, -0.2) is 11.0 Å². The number of rotatable bonds is 2. The van der Waals surface area contributed by atoms with Crippen molar-refractivity contribution in [1.82, 2.24) is 0 Å². The van der Waals surface area contributed by atoms with Crippen LogP contribution >= 0.6 is 39.1 Å². The maximum absolute atomic E-state index is 12.0. The molecule has 0 saturated carbocycles. The van der Waals surface area contributed by atoms with E-state index in [9.17, 15) is 9.90 Å². The lowest BCUT2D eigenvalue weighted by atomic mass is 10.2. The molecule has 6 heteroatoms. The van der Waals surface area contributed by atoms with Crippen molar-refractivity contribution in [3.05, 3.63) is 56.5 Å². The summed E-state index contributed by atoms with van der Waals surface area (Å²) in [5, 5.41) is 12.6. The van der Waals surface area contributed by atoms with E-state index >= 15 is 0 Å². The molecule has 2 N–H and O–H groups in total. The number of phenolic OH excluding ortho intramolecular Hbond substituents is 1. The van der Waals surface area contributed by atoms with Crippen LogP contribution in [-0.2, 0) is 0 Å². The molecule has 0 aliphatic heterocycles. The maximum Gasteiger partial charge on any atom is 0.255 e. The third-order valence-corrected chi connectivity index (χ3v) is 3.31. The highest BCUT2D eigenvalue weighted by atomic mass is 79.9. The van der Waals surface area contributed by atoms with E-state index in [1.807, 2.05) is 0 Å². The Hall–Kier alpha value is -1.23. The Kier molecular flexibility index (Phi) is 4.34. The highest BCUT2D eigenvalue weighted by Gasteiger charge is 2.10. The van der Waals surface area contributed by atoms with Crippen molar-refractivity contribution in [2.24, 2.45) is 0 Å². The van der Waals surface area contributed by atoms with Gasteiger partial charge >= 0.3 is 0 Å². The van der Waals surface area contributed by atoms with Crippen LogP contribution in [0.4, 0.5) is 5.69 Å². The normalized spacial score (nSPS) is 10.3. The highest BCUT2D eigenvalue weighted by molar-refractivity contribution is 9.10. The number of benzene rings is 2. The SMILES string of the molecule is O=C(Nc1ccc(O)cc1Cl)c1cc(Cl)cc(Br)c1. The zero-order valence-corrected chi connectivity index (χ0v) is 12.6. The predicted octanol–water partition coefficient (Wildman–Crippen LogP) is 4.71. The van der Waals surface area contributed by atoms with Crippen LogP contribution in [0.5, 0.6) is 5.75 Å². The lowest BCUT2D eigenvalue weighted by molar-refractivity contribution is 0.102. The fourth-order valence-corrected chi connectivity index (χ4v) is 2.57. The van der Waals surface area contributed by atoms with Crippen LogP contribution < -0.4 is 5.32 Å². The van der Waals surface area contributed by atoms with Gasteiger partial charge in [0.15, 0.2) is 0 Å². The first-order chi connectivity index (χ1) is 8.95. The van der Waals surface area contributed by atoms with Crippen molar-refractivity contribution >= 4 is 50.7 Å². The Morgan fingerprint density at radius 2 is 1.89 bits per heavy atom. The Balaban J connectivity index is 2.25. The number of aromatic hydroxyl groups is 1. The van der Waals surface area contributed by atoms with Gasteiger partial charge in [-0.1, -0.05) is 39.1 Å². The van der Waals surface area contributed by atoms with Gasteiger partial charge in [-0.25, -0.2) is 0 Å². The molecule has 0 aliphatic rings. The van der Waals surface area contributed by atoms with E-state index < -0.39 is 0 Å². The van der Waals surface area contributed by atoms with Gasteiger partial charge in [0.2, 0.25) is 0 Å². The van der Waals surface area contributed by atoms with Crippen LogP contribution in [0.1, 0.15) is 10.4 Å². The van der Waals surface area contributed by atoms with Crippen LogP contribution in [0.25, 0.3) is 0 Å². The predicted molar refractivity (Wildman–Crippen MR) is 80.2 cm³/mol. The minimum absolute atomic E-state index is 0.0356. The molecule has 0 saturated heterocycles. The van der Waals surface area contributed by atoms with E-state index in [-0.39, 0.29) is 16.7 Å². The number of carbonyl (C=O) groups excluding carboxylic acids is 1. The fraction of sp³-hybridized carbons (Fsp3) is 0. The van der Waals surface area contributed by atoms with Crippen molar-refractivity contribution in [3.8, 4) is 5.75 Å². The van der Waals surface area contributed by atoms with Crippen molar-refractivity contribution in [1.29, 1.82) is 0 Å². The van der Waals surface area contributed by atoms with Crippen LogP contribution in [0.3, 0.4) is 0 Å². The molecule has 0 aliphatic carbocycles. The molecule has 0 atom stereocenters. The van der Waals surface area contributed by atoms with Gasteiger partial charge in [-0.15, -0.1) is 0 Å². The summed E-state index contributed by atoms with van der Waals surface area (Å²) in [6.45, 7) is 0. The highest BCUT2D eigenvalue weighted by Crippen LogP contribution is 2.27. The minimum Gasteiger partial charge on any atom is -0.508 e. The molecule has 19 heavy (non-hydrogen) atoms.